The van der Waals surface area contributed by atoms with E-state index < -0.39 is 11.5 Å². The highest BCUT2D eigenvalue weighted by Gasteiger charge is 2.45. The number of carbonyl (C=O) groups excluding carboxylic acids is 2. The minimum Gasteiger partial charge on any atom is -0.330 e. The van der Waals surface area contributed by atoms with Gasteiger partial charge in [-0.3, -0.25) is 14.6 Å². The predicted octanol–water partition coefficient (Wildman–Crippen LogP) is 5.37. The third-order valence-corrected chi connectivity index (χ3v) is 6.29. The lowest BCUT2D eigenvalue weighted by Crippen LogP contribution is -2.49. The molecule has 0 bridgehead atoms. The van der Waals surface area contributed by atoms with Crippen LogP contribution in [0.5, 0.6) is 0 Å². The Hall–Kier alpha value is -2.73. The van der Waals surface area contributed by atoms with Crippen molar-refractivity contribution in [2.75, 3.05) is 11.9 Å². The van der Waals surface area contributed by atoms with Gasteiger partial charge in [-0.15, -0.1) is 0 Å². The molecule has 1 aliphatic rings. The summed E-state index contributed by atoms with van der Waals surface area (Å²) < 4.78 is 0.986. The zero-order chi connectivity index (χ0) is 22.2. The number of para-hydroxylation sites is 1. The third-order valence-electron chi connectivity index (χ3n) is 5.76. The number of likely N-dealkylation sites (tertiary alicyclic amines) is 1. The highest BCUT2D eigenvalue weighted by atomic mass is 79.9. The number of aromatic nitrogens is 1. The van der Waals surface area contributed by atoms with E-state index in [0.29, 0.717) is 12.2 Å². The first-order valence-corrected chi connectivity index (χ1v) is 11.3. The van der Waals surface area contributed by atoms with Gasteiger partial charge >= 0.3 is 0 Å². The van der Waals surface area contributed by atoms with E-state index in [1.54, 1.807) is 11.1 Å². The van der Waals surface area contributed by atoms with Crippen LogP contribution in [0.1, 0.15) is 38.7 Å². The number of nitrogens with one attached hydrogen (secondary N) is 1. The summed E-state index contributed by atoms with van der Waals surface area (Å²) in [6.07, 6.45) is 2.46. The molecule has 31 heavy (non-hydrogen) atoms. The topological polar surface area (TPSA) is 62.3 Å². The van der Waals surface area contributed by atoms with Crippen LogP contribution in [0.15, 0.2) is 65.3 Å². The molecule has 0 saturated carbocycles. The van der Waals surface area contributed by atoms with Crippen LogP contribution >= 0.6 is 15.9 Å². The summed E-state index contributed by atoms with van der Waals surface area (Å²) in [4.78, 5) is 33.0. The largest absolute Gasteiger partial charge is 0.330 e. The molecule has 1 saturated heterocycles. The van der Waals surface area contributed by atoms with Crippen LogP contribution in [-0.4, -0.2) is 34.3 Å². The molecule has 1 aliphatic heterocycles. The number of halogens is 1. The van der Waals surface area contributed by atoms with Crippen molar-refractivity contribution in [2.45, 2.75) is 39.2 Å². The molecule has 0 aliphatic carbocycles. The fourth-order valence-electron chi connectivity index (χ4n) is 4.25. The van der Waals surface area contributed by atoms with E-state index >= 15 is 0 Å². The molecule has 1 fully saturated rings. The lowest BCUT2D eigenvalue weighted by atomic mass is 9.89. The van der Waals surface area contributed by atoms with Crippen LogP contribution < -0.4 is 5.32 Å². The molecule has 2 atom stereocenters. The summed E-state index contributed by atoms with van der Waals surface area (Å²) in [6, 6.07) is 17.0. The van der Waals surface area contributed by atoms with Gasteiger partial charge in [0.1, 0.15) is 6.04 Å². The maximum Gasteiger partial charge on any atom is 0.247 e. The minimum absolute atomic E-state index is 0.0108. The Morgan fingerprint density at radius 1 is 1.06 bits per heavy atom. The van der Waals surface area contributed by atoms with Crippen molar-refractivity contribution in [1.29, 1.82) is 0 Å². The quantitative estimate of drug-likeness (QED) is 0.549. The van der Waals surface area contributed by atoms with Gasteiger partial charge in [0.25, 0.3) is 0 Å². The Balaban J connectivity index is 1.70. The second-order valence-electron chi connectivity index (χ2n) is 9.01. The fraction of sp³-hybridized carbons (Fsp3) is 0.320. The standard InChI is InChI=1S/C25H26BrN3O2/c1-25(2,3)24(31)29-15-13-19(16-9-11-18(26)12-10-16)22(29)23(30)28-20-8-4-6-17-7-5-14-27-21(17)20/h4-12,14,19,22H,13,15H2,1-3H3,(H,28,30)/t19-,22-/m0/s1. The Morgan fingerprint density at radius 3 is 2.48 bits per heavy atom. The van der Waals surface area contributed by atoms with E-state index in [-0.39, 0.29) is 17.7 Å². The normalized spacial score (nSPS) is 18.9. The molecule has 2 heterocycles. The number of anilines is 1. The number of carbonyl (C=O) groups is 2. The molecule has 6 heteroatoms. The van der Waals surface area contributed by atoms with Gasteiger partial charge in [0, 0.05) is 33.9 Å². The average molecular weight is 480 g/mol. The highest BCUT2D eigenvalue weighted by molar-refractivity contribution is 9.10. The first kappa shape index (κ1) is 21.5. The molecule has 0 unspecified atom stereocenters. The Labute approximate surface area is 191 Å². The van der Waals surface area contributed by atoms with Gasteiger partial charge in [-0.2, -0.15) is 0 Å². The number of hydrogen-bond donors (Lipinski definition) is 1. The monoisotopic (exact) mass is 479 g/mol. The van der Waals surface area contributed by atoms with E-state index in [9.17, 15) is 9.59 Å². The predicted molar refractivity (Wildman–Crippen MR) is 127 cm³/mol. The Kier molecular flexibility index (Phi) is 5.84. The van der Waals surface area contributed by atoms with Crippen molar-refractivity contribution in [1.82, 2.24) is 9.88 Å². The summed E-state index contributed by atoms with van der Waals surface area (Å²) in [5, 5.41) is 4.03. The molecule has 3 aromatic rings. The maximum atomic E-state index is 13.6. The summed E-state index contributed by atoms with van der Waals surface area (Å²) in [5.74, 6) is -0.258. The van der Waals surface area contributed by atoms with Crippen LogP contribution in [0.4, 0.5) is 5.69 Å². The number of fused-ring (bicyclic) bond motifs is 1. The molecule has 2 amide bonds. The molecule has 1 aromatic heterocycles. The SMILES string of the molecule is CC(C)(C)C(=O)N1CC[C@@H](c2ccc(Br)cc2)[C@H]1C(=O)Nc1cccc2cccnc12. The van der Waals surface area contributed by atoms with E-state index in [1.807, 2.05) is 75.4 Å². The zero-order valence-corrected chi connectivity index (χ0v) is 19.5. The van der Waals surface area contributed by atoms with Crippen molar-refractivity contribution in [3.05, 3.63) is 70.8 Å². The lowest BCUT2D eigenvalue weighted by Gasteiger charge is -2.32. The minimum atomic E-state index is -0.577. The Morgan fingerprint density at radius 2 is 1.77 bits per heavy atom. The van der Waals surface area contributed by atoms with Crippen molar-refractivity contribution >= 4 is 44.3 Å². The second-order valence-corrected chi connectivity index (χ2v) is 9.93. The van der Waals surface area contributed by atoms with Crippen LogP contribution in [0.25, 0.3) is 10.9 Å². The van der Waals surface area contributed by atoms with Gasteiger partial charge in [0.15, 0.2) is 0 Å². The van der Waals surface area contributed by atoms with Gasteiger partial charge in [-0.1, -0.05) is 67.0 Å². The first-order chi connectivity index (χ1) is 14.8. The van der Waals surface area contributed by atoms with Crippen LogP contribution in [0, 0.1) is 5.41 Å². The van der Waals surface area contributed by atoms with Gasteiger partial charge in [-0.05, 0) is 36.2 Å². The van der Waals surface area contributed by atoms with E-state index in [1.165, 1.54) is 0 Å². The van der Waals surface area contributed by atoms with Crippen molar-refractivity contribution in [2.24, 2.45) is 5.41 Å². The van der Waals surface area contributed by atoms with Crippen LogP contribution in [-0.2, 0) is 9.59 Å². The summed E-state index contributed by atoms with van der Waals surface area (Å²) in [7, 11) is 0. The molecule has 1 N–H and O–H groups in total. The summed E-state index contributed by atoms with van der Waals surface area (Å²) in [5.41, 5.74) is 1.90. The maximum absolute atomic E-state index is 13.6. The van der Waals surface area contributed by atoms with Crippen LogP contribution in [0.3, 0.4) is 0 Å². The molecule has 2 aromatic carbocycles. The van der Waals surface area contributed by atoms with Crippen molar-refractivity contribution < 1.29 is 9.59 Å². The summed E-state index contributed by atoms with van der Waals surface area (Å²) in [6.45, 7) is 6.24. The smallest absolute Gasteiger partial charge is 0.247 e. The number of nitrogens with zero attached hydrogens (tertiary/aromatic N) is 2. The van der Waals surface area contributed by atoms with Gasteiger partial charge < -0.3 is 10.2 Å². The lowest BCUT2D eigenvalue weighted by molar-refractivity contribution is -0.143. The van der Waals surface area contributed by atoms with E-state index in [4.69, 9.17) is 0 Å². The van der Waals surface area contributed by atoms with Gasteiger partial charge in [-0.25, -0.2) is 0 Å². The molecular weight excluding hydrogens is 454 g/mol. The number of rotatable bonds is 3. The number of pyridine rings is 1. The highest BCUT2D eigenvalue weighted by Crippen LogP contribution is 2.37. The number of amides is 2. The first-order valence-electron chi connectivity index (χ1n) is 10.5. The van der Waals surface area contributed by atoms with Crippen LogP contribution in [0.2, 0.25) is 0 Å². The number of hydrogen-bond acceptors (Lipinski definition) is 3. The zero-order valence-electron chi connectivity index (χ0n) is 17.9. The Bertz CT molecular complexity index is 1120. The van der Waals surface area contributed by atoms with E-state index in [0.717, 1.165) is 27.4 Å². The average Bonchev–Trinajstić information content (AvgIpc) is 3.18. The van der Waals surface area contributed by atoms with Gasteiger partial charge in [0.2, 0.25) is 11.8 Å². The molecule has 0 spiro atoms. The van der Waals surface area contributed by atoms with Gasteiger partial charge in [0.05, 0.1) is 11.2 Å². The molecule has 4 rings (SSSR count). The fourth-order valence-corrected chi connectivity index (χ4v) is 4.51. The molecule has 5 nitrogen and oxygen atoms in total. The second kappa shape index (κ2) is 8.42. The molecular formula is C25H26BrN3O2. The van der Waals surface area contributed by atoms with E-state index in [2.05, 4.69) is 26.2 Å². The molecule has 160 valence electrons. The number of benzene rings is 2. The molecule has 0 radical (unpaired) electrons. The third kappa shape index (κ3) is 4.35. The van der Waals surface area contributed by atoms with Crippen molar-refractivity contribution in [3.8, 4) is 0 Å². The van der Waals surface area contributed by atoms with Crippen molar-refractivity contribution in [3.63, 3.8) is 0 Å². The summed E-state index contributed by atoms with van der Waals surface area (Å²) >= 11 is 3.48.